The van der Waals surface area contributed by atoms with Crippen molar-refractivity contribution in [1.82, 2.24) is 14.8 Å². The fourth-order valence-corrected chi connectivity index (χ4v) is 3.11. The van der Waals surface area contributed by atoms with E-state index < -0.39 is 0 Å². The molecule has 0 radical (unpaired) electrons. The summed E-state index contributed by atoms with van der Waals surface area (Å²) in [7, 11) is 3.27. The monoisotopic (exact) mass is 348 g/mol. The van der Waals surface area contributed by atoms with E-state index in [0.717, 1.165) is 16.8 Å². The maximum atomic E-state index is 5.46. The average molecular weight is 348 g/mol. The van der Waals surface area contributed by atoms with E-state index in [2.05, 4.69) is 52.7 Å². The highest BCUT2D eigenvalue weighted by atomic mass is 16.5. The van der Waals surface area contributed by atoms with Crippen molar-refractivity contribution in [2.45, 2.75) is 13.0 Å². The van der Waals surface area contributed by atoms with Gasteiger partial charge in [0.15, 0.2) is 11.5 Å². The summed E-state index contributed by atoms with van der Waals surface area (Å²) in [6, 6.07) is 14.2. The van der Waals surface area contributed by atoms with E-state index in [1.54, 1.807) is 20.5 Å². The van der Waals surface area contributed by atoms with Crippen molar-refractivity contribution in [1.29, 1.82) is 0 Å². The fourth-order valence-electron chi connectivity index (χ4n) is 3.11. The van der Waals surface area contributed by atoms with Crippen LogP contribution in [0, 0.1) is 6.92 Å². The van der Waals surface area contributed by atoms with Gasteiger partial charge in [0.05, 0.1) is 14.2 Å². The van der Waals surface area contributed by atoms with Crippen LogP contribution in [0.3, 0.4) is 0 Å². The lowest BCUT2D eigenvalue weighted by Gasteiger charge is -2.25. The molecule has 1 aliphatic rings. The zero-order chi connectivity index (χ0) is 18.1. The predicted octanol–water partition coefficient (Wildman–Crippen LogP) is 3.66. The molecule has 0 saturated heterocycles. The summed E-state index contributed by atoms with van der Waals surface area (Å²) >= 11 is 0. The molecule has 1 atom stereocenters. The zero-order valence-electron chi connectivity index (χ0n) is 14.9. The maximum Gasteiger partial charge on any atom is 0.226 e. The summed E-state index contributed by atoms with van der Waals surface area (Å²) in [5.41, 5.74) is 4.38. The molecule has 0 saturated carbocycles. The Morgan fingerprint density at radius 2 is 1.77 bits per heavy atom. The number of rotatable bonds is 4. The molecule has 0 amide bonds. The van der Waals surface area contributed by atoms with Gasteiger partial charge in [-0.2, -0.15) is 10.1 Å². The van der Waals surface area contributed by atoms with Gasteiger partial charge in [-0.25, -0.2) is 4.68 Å². The number of fused-ring (bicyclic) bond motifs is 1. The number of allylic oxidation sites excluding steroid dienone is 1. The van der Waals surface area contributed by atoms with Gasteiger partial charge in [-0.05, 0) is 36.3 Å². The maximum absolute atomic E-state index is 5.46. The van der Waals surface area contributed by atoms with Gasteiger partial charge >= 0.3 is 0 Å². The van der Waals surface area contributed by atoms with Crippen LogP contribution in [0.1, 0.15) is 22.7 Å². The Kier molecular flexibility index (Phi) is 4.08. The molecule has 6 nitrogen and oxygen atoms in total. The van der Waals surface area contributed by atoms with E-state index in [1.165, 1.54) is 5.56 Å². The van der Waals surface area contributed by atoms with Crippen LogP contribution >= 0.6 is 0 Å². The Balaban J connectivity index is 1.80. The highest BCUT2D eigenvalue weighted by Crippen LogP contribution is 2.36. The molecule has 1 N–H and O–H groups in total. The number of anilines is 1. The van der Waals surface area contributed by atoms with E-state index in [9.17, 15) is 0 Å². The van der Waals surface area contributed by atoms with E-state index in [4.69, 9.17) is 9.47 Å². The average Bonchev–Trinajstić information content (AvgIpc) is 3.16. The molecule has 2 heterocycles. The first-order chi connectivity index (χ1) is 12.7. The van der Waals surface area contributed by atoms with Crippen LogP contribution in [0.15, 0.2) is 54.9 Å². The minimum Gasteiger partial charge on any atom is -0.493 e. The Morgan fingerprint density at radius 3 is 2.50 bits per heavy atom. The second-order valence-electron chi connectivity index (χ2n) is 6.16. The topological polar surface area (TPSA) is 61.2 Å². The first kappa shape index (κ1) is 16.2. The molecule has 1 aliphatic heterocycles. The molecule has 0 unspecified atom stereocenters. The van der Waals surface area contributed by atoms with Gasteiger partial charge in [-0.1, -0.05) is 35.9 Å². The molecule has 132 valence electrons. The van der Waals surface area contributed by atoms with Crippen molar-refractivity contribution in [2.75, 3.05) is 19.5 Å². The SMILES string of the molecule is COc1ccc([C@@H]2C=C(c3ccc(C)cc3)Nc3ncnn32)cc1OC. The Hall–Kier alpha value is -3.28. The molecular formula is C20H20N4O2. The van der Waals surface area contributed by atoms with Crippen LogP contribution in [0.5, 0.6) is 11.5 Å². The molecule has 0 bridgehead atoms. The van der Waals surface area contributed by atoms with Gasteiger partial charge in [0, 0.05) is 5.70 Å². The van der Waals surface area contributed by atoms with E-state index in [0.29, 0.717) is 17.4 Å². The van der Waals surface area contributed by atoms with Gasteiger partial charge in [-0.3, -0.25) is 0 Å². The van der Waals surface area contributed by atoms with Gasteiger partial charge < -0.3 is 14.8 Å². The van der Waals surface area contributed by atoms with Crippen LogP contribution in [-0.2, 0) is 0 Å². The van der Waals surface area contributed by atoms with Crippen LogP contribution < -0.4 is 14.8 Å². The number of hydrogen-bond acceptors (Lipinski definition) is 5. The van der Waals surface area contributed by atoms with Crippen LogP contribution in [0.2, 0.25) is 0 Å². The number of hydrogen-bond donors (Lipinski definition) is 1. The number of aromatic nitrogens is 3. The highest BCUT2D eigenvalue weighted by Gasteiger charge is 2.24. The quantitative estimate of drug-likeness (QED) is 0.780. The Labute approximate surface area is 152 Å². The third-order valence-corrected chi connectivity index (χ3v) is 4.52. The predicted molar refractivity (Wildman–Crippen MR) is 100 cm³/mol. The smallest absolute Gasteiger partial charge is 0.226 e. The lowest BCUT2D eigenvalue weighted by Crippen LogP contribution is -2.20. The van der Waals surface area contributed by atoms with E-state index in [1.807, 2.05) is 22.9 Å². The summed E-state index contributed by atoms with van der Waals surface area (Å²) in [6.07, 6.45) is 3.70. The van der Waals surface area contributed by atoms with Crippen molar-refractivity contribution < 1.29 is 9.47 Å². The lowest BCUT2D eigenvalue weighted by atomic mass is 10.0. The molecular weight excluding hydrogens is 328 g/mol. The van der Waals surface area contributed by atoms with Crippen LogP contribution in [0.25, 0.3) is 5.70 Å². The molecule has 0 spiro atoms. The van der Waals surface area contributed by atoms with E-state index >= 15 is 0 Å². The van der Waals surface area contributed by atoms with Crippen molar-refractivity contribution >= 4 is 11.6 Å². The molecule has 0 aliphatic carbocycles. The number of nitrogens with one attached hydrogen (secondary N) is 1. The third kappa shape index (κ3) is 2.79. The summed E-state index contributed by atoms with van der Waals surface area (Å²) in [4.78, 5) is 4.35. The van der Waals surface area contributed by atoms with Gasteiger partial charge in [-0.15, -0.1) is 0 Å². The Bertz CT molecular complexity index is 960. The summed E-state index contributed by atoms with van der Waals surface area (Å²) in [6.45, 7) is 2.08. The largest absolute Gasteiger partial charge is 0.493 e. The van der Waals surface area contributed by atoms with Crippen molar-refractivity contribution in [3.8, 4) is 11.5 Å². The van der Waals surface area contributed by atoms with Crippen molar-refractivity contribution in [3.63, 3.8) is 0 Å². The van der Waals surface area contributed by atoms with Crippen LogP contribution in [0.4, 0.5) is 5.95 Å². The standard InChI is InChI=1S/C20H20N4O2/c1-13-4-6-14(7-5-13)16-11-17(24-20(23-16)21-12-22-24)15-8-9-18(25-2)19(10-15)26-3/h4-12,17H,1-3H3,(H,21,22,23)/t17-/m0/s1. The molecule has 0 fully saturated rings. The number of methoxy groups -OCH3 is 2. The van der Waals surface area contributed by atoms with Gasteiger partial charge in [0.25, 0.3) is 0 Å². The molecule has 4 rings (SSSR count). The molecule has 2 aromatic carbocycles. The molecule has 3 aromatic rings. The summed E-state index contributed by atoms with van der Waals surface area (Å²) in [5.74, 6) is 2.10. The van der Waals surface area contributed by atoms with Crippen molar-refractivity contribution in [2.24, 2.45) is 0 Å². The highest BCUT2D eigenvalue weighted by molar-refractivity contribution is 5.77. The zero-order valence-corrected chi connectivity index (χ0v) is 14.9. The lowest BCUT2D eigenvalue weighted by molar-refractivity contribution is 0.354. The number of nitrogens with zero attached hydrogens (tertiary/aromatic N) is 3. The third-order valence-electron chi connectivity index (χ3n) is 4.52. The number of benzene rings is 2. The Morgan fingerprint density at radius 1 is 1.00 bits per heavy atom. The number of aryl methyl sites for hydroxylation is 1. The molecule has 6 heteroatoms. The summed E-state index contributed by atoms with van der Waals surface area (Å²) in [5, 5.41) is 7.74. The molecule has 1 aromatic heterocycles. The van der Waals surface area contributed by atoms with Crippen molar-refractivity contribution in [3.05, 3.63) is 71.6 Å². The first-order valence-corrected chi connectivity index (χ1v) is 8.37. The molecule has 26 heavy (non-hydrogen) atoms. The fraction of sp³-hybridized carbons (Fsp3) is 0.200. The minimum atomic E-state index is -0.0927. The van der Waals surface area contributed by atoms with E-state index in [-0.39, 0.29) is 6.04 Å². The number of ether oxygens (including phenoxy) is 2. The second-order valence-corrected chi connectivity index (χ2v) is 6.16. The second kappa shape index (κ2) is 6.55. The van der Waals surface area contributed by atoms with Gasteiger partial charge in [0.2, 0.25) is 5.95 Å². The normalized spacial score (nSPS) is 15.7. The van der Waals surface area contributed by atoms with Crippen LogP contribution in [-0.4, -0.2) is 29.0 Å². The summed E-state index contributed by atoms with van der Waals surface area (Å²) < 4.78 is 12.7. The minimum absolute atomic E-state index is 0.0927. The van der Waals surface area contributed by atoms with Gasteiger partial charge in [0.1, 0.15) is 12.4 Å². The first-order valence-electron chi connectivity index (χ1n) is 8.37.